The first-order chi connectivity index (χ1) is 12.6. The first kappa shape index (κ1) is 15.9. The van der Waals surface area contributed by atoms with E-state index in [0.717, 1.165) is 17.1 Å². The van der Waals surface area contributed by atoms with Crippen molar-refractivity contribution in [2.24, 2.45) is 0 Å². The van der Waals surface area contributed by atoms with Crippen LogP contribution in [0.4, 0.5) is 4.39 Å². The van der Waals surface area contributed by atoms with E-state index in [-0.39, 0.29) is 5.56 Å². The number of para-hydroxylation sites is 2. The van der Waals surface area contributed by atoms with E-state index in [1.54, 1.807) is 6.92 Å². The van der Waals surface area contributed by atoms with Crippen LogP contribution >= 0.6 is 0 Å². The van der Waals surface area contributed by atoms with Crippen LogP contribution in [-0.2, 0) is 0 Å². The van der Waals surface area contributed by atoms with Crippen LogP contribution in [-0.4, -0.2) is 36.1 Å². The van der Waals surface area contributed by atoms with Crippen molar-refractivity contribution < 1.29 is 9.18 Å². The SMILES string of the molecule is C[C@H](NC(=O)c1cc(F)ccc1-n1cnnn1)c1nc2ccccc2[nH]1. The second-order valence-electron chi connectivity index (χ2n) is 5.75. The molecule has 0 aliphatic rings. The predicted molar refractivity (Wildman–Crippen MR) is 91.1 cm³/mol. The summed E-state index contributed by atoms with van der Waals surface area (Å²) in [5.74, 6) is -0.369. The number of H-pyrrole nitrogens is 1. The number of tetrazole rings is 1. The van der Waals surface area contributed by atoms with Crippen LogP contribution in [0.2, 0.25) is 0 Å². The predicted octanol–water partition coefficient (Wildman–Crippen LogP) is 2.17. The average Bonchev–Trinajstić information content (AvgIpc) is 3.31. The molecule has 1 amide bonds. The van der Waals surface area contributed by atoms with E-state index < -0.39 is 17.8 Å². The maximum absolute atomic E-state index is 13.7. The van der Waals surface area contributed by atoms with E-state index in [1.165, 1.54) is 23.1 Å². The fourth-order valence-corrected chi connectivity index (χ4v) is 2.68. The number of nitrogens with zero attached hydrogens (tertiary/aromatic N) is 5. The third-order valence-electron chi connectivity index (χ3n) is 3.96. The molecule has 0 spiro atoms. The Labute approximate surface area is 147 Å². The number of benzene rings is 2. The molecule has 4 aromatic rings. The van der Waals surface area contributed by atoms with Gasteiger partial charge in [0.15, 0.2) is 0 Å². The van der Waals surface area contributed by atoms with Gasteiger partial charge in [0.25, 0.3) is 5.91 Å². The van der Waals surface area contributed by atoms with E-state index in [4.69, 9.17) is 0 Å². The van der Waals surface area contributed by atoms with Gasteiger partial charge in [-0.2, -0.15) is 4.68 Å². The summed E-state index contributed by atoms with van der Waals surface area (Å²) in [4.78, 5) is 20.3. The van der Waals surface area contributed by atoms with Gasteiger partial charge in [0, 0.05) is 0 Å². The smallest absolute Gasteiger partial charge is 0.254 e. The lowest BCUT2D eigenvalue weighted by atomic mass is 10.1. The lowest BCUT2D eigenvalue weighted by molar-refractivity contribution is 0.0938. The van der Waals surface area contributed by atoms with Gasteiger partial charge in [0.1, 0.15) is 18.0 Å². The Bertz CT molecular complexity index is 1040. The quantitative estimate of drug-likeness (QED) is 0.587. The summed E-state index contributed by atoms with van der Waals surface area (Å²) in [5.41, 5.74) is 2.19. The van der Waals surface area contributed by atoms with Crippen LogP contribution in [0.15, 0.2) is 48.8 Å². The second kappa shape index (κ2) is 6.36. The minimum atomic E-state index is -0.525. The van der Waals surface area contributed by atoms with Gasteiger partial charge in [-0.25, -0.2) is 9.37 Å². The van der Waals surface area contributed by atoms with Gasteiger partial charge in [-0.1, -0.05) is 12.1 Å². The van der Waals surface area contributed by atoms with E-state index in [0.29, 0.717) is 11.5 Å². The molecule has 0 unspecified atom stereocenters. The van der Waals surface area contributed by atoms with Crippen LogP contribution in [0.1, 0.15) is 29.1 Å². The van der Waals surface area contributed by atoms with Gasteiger partial charge in [-0.3, -0.25) is 4.79 Å². The maximum atomic E-state index is 13.7. The number of fused-ring (bicyclic) bond motifs is 1. The Kier molecular flexibility index (Phi) is 3.88. The van der Waals surface area contributed by atoms with Gasteiger partial charge in [-0.05, 0) is 47.7 Å². The van der Waals surface area contributed by atoms with Crippen molar-refractivity contribution in [3.63, 3.8) is 0 Å². The van der Waals surface area contributed by atoms with E-state index in [2.05, 4.69) is 30.8 Å². The maximum Gasteiger partial charge on any atom is 0.254 e. The second-order valence-corrected chi connectivity index (χ2v) is 5.75. The first-order valence-electron chi connectivity index (χ1n) is 7.90. The number of aromatic nitrogens is 6. The summed E-state index contributed by atoms with van der Waals surface area (Å²) in [7, 11) is 0. The summed E-state index contributed by atoms with van der Waals surface area (Å²) >= 11 is 0. The van der Waals surface area contributed by atoms with Crippen LogP contribution in [0.3, 0.4) is 0 Å². The summed E-state index contributed by atoms with van der Waals surface area (Å²) in [6, 6.07) is 11.0. The first-order valence-corrected chi connectivity index (χ1v) is 7.90. The molecule has 0 aliphatic carbocycles. The number of imidazole rings is 1. The van der Waals surface area contributed by atoms with Crippen molar-refractivity contribution >= 4 is 16.9 Å². The monoisotopic (exact) mass is 351 g/mol. The molecule has 0 fully saturated rings. The van der Waals surface area contributed by atoms with E-state index in [9.17, 15) is 9.18 Å². The number of aromatic amines is 1. The molecule has 8 nitrogen and oxygen atoms in total. The molecule has 1 atom stereocenters. The number of amides is 1. The third-order valence-corrected chi connectivity index (χ3v) is 3.96. The Morgan fingerprint density at radius 3 is 2.88 bits per heavy atom. The fourth-order valence-electron chi connectivity index (χ4n) is 2.68. The number of hydrogen-bond acceptors (Lipinski definition) is 5. The van der Waals surface area contributed by atoms with Gasteiger partial charge in [-0.15, -0.1) is 5.10 Å². The molecule has 2 heterocycles. The van der Waals surface area contributed by atoms with E-state index >= 15 is 0 Å². The zero-order valence-corrected chi connectivity index (χ0v) is 13.7. The van der Waals surface area contributed by atoms with Crippen molar-refractivity contribution in [3.8, 4) is 5.69 Å². The highest BCUT2D eigenvalue weighted by atomic mass is 19.1. The van der Waals surface area contributed by atoms with Crippen molar-refractivity contribution in [1.82, 2.24) is 35.5 Å². The molecule has 9 heteroatoms. The molecule has 2 aromatic carbocycles. The fraction of sp³-hybridized carbons (Fsp3) is 0.118. The average molecular weight is 351 g/mol. The topological polar surface area (TPSA) is 101 Å². The molecule has 4 rings (SSSR count). The van der Waals surface area contributed by atoms with Crippen molar-refractivity contribution in [2.45, 2.75) is 13.0 Å². The molecule has 0 bridgehead atoms. The third kappa shape index (κ3) is 2.90. The molecular formula is C17H14FN7O. The largest absolute Gasteiger partial charge is 0.342 e. The minimum Gasteiger partial charge on any atom is -0.342 e. The normalized spacial score (nSPS) is 12.2. The molecule has 2 N–H and O–H groups in total. The Balaban J connectivity index is 1.63. The van der Waals surface area contributed by atoms with Crippen LogP contribution in [0.5, 0.6) is 0 Å². The van der Waals surface area contributed by atoms with Crippen LogP contribution < -0.4 is 5.32 Å². The van der Waals surface area contributed by atoms with Gasteiger partial charge < -0.3 is 10.3 Å². The lowest BCUT2D eigenvalue weighted by Crippen LogP contribution is -2.28. The number of carbonyl (C=O) groups is 1. The van der Waals surface area contributed by atoms with Gasteiger partial charge >= 0.3 is 0 Å². The van der Waals surface area contributed by atoms with Crippen molar-refractivity contribution in [2.75, 3.05) is 0 Å². The standard InChI is InChI=1S/C17H14FN7O/c1-10(16-21-13-4-2-3-5-14(13)22-16)20-17(26)12-8-11(18)6-7-15(12)25-9-19-23-24-25/h2-10H,1H3,(H,20,26)(H,21,22)/t10-/m0/s1. The zero-order valence-electron chi connectivity index (χ0n) is 13.7. The summed E-state index contributed by atoms with van der Waals surface area (Å²) in [6.07, 6.45) is 1.34. The van der Waals surface area contributed by atoms with Crippen molar-refractivity contribution in [3.05, 3.63) is 66.0 Å². The Morgan fingerprint density at radius 2 is 2.12 bits per heavy atom. The number of halogens is 1. The number of hydrogen-bond donors (Lipinski definition) is 2. The molecular weight excluding hydrogens is 337 g/mol. The van der Waals surface area contributed by atoms with Gasteiger partial charge in [0.05, 0.1) is 28.3 Å². The highest BCUT2D eigenvalue weighted by molar-refractivity contribution is 5.98. The summed E-state index contributed by atoms with van der Waals surface area (Å²) < 4.78 is 15.0. The molecule has 0 aliphatic heterocycles. The summed E-state index contributed by atoms with van der Waals surface area (Å²) in [6.45, 7) is 1.80. The summed E-state index contributed by atoms with van der Waals surface area (Å²) in [5, 5.41) is 13.7. The molecule has 0 saturated heterocycles. The van der Waals surface area contributed by atoms with Crippen LogP contribution in [0, 0.1) is 5.82 Å². The molecule has 0 radical (unpaired) electrons. The van der Waals surface area contributed by atoms with Gasteiger partial charge in [0.2, 0.25) is 0 Å². The lowest BCUT2D eigenvalue weighted by Gasteiger charge is -2.13. The Hall–Kier alpha value is -3.62. The Morgan fingerprint density at radius 1 is 1.27 bits per heavy atom. The molecule has 2 aromatic heterocycles. The molecule has 130 valence electrons. The number of nitrogens with one attached hydrogen (secondary N) is 2. The minimum absolute atomic E-state index is 0.125. The zero-order chi connectivity index (χ0) is 18.1. The van der Waals surface area contributed by atoms with Crippen LogP contribution in [0.25, 0.3) is 16.7 Å². The molecule has 26 heavy (non-hydrogen) atoms. The van der Waals surface area contributed by atoms with Crippen molar-refractivity contribution in [1.29, 1.82) is 0 Å². The molecule has 0 saturated carbocycles. The highest BCUT2D eigenvalue weighted by Crippen LogP contribution is 2.19. The number of rotatable bonds is 4. The highest BCUT2D eigenvalue weighted by Gasteiger charge is 2.19. The number of carbonyl (C=O) groups excluding carboxylic acids is 1. The van der Waals surface area contributed by atoms with E-state index in [1.807, 2.05) is 24.3 Å².